The monoisotopic (exact) mass is 313 g/mol. The van der Waals surface area contributed by atoms with Crippen LogP contribution in [0.3, 0.4) is 0 Å². The van der Waals surface area contributed by atoms with Gasteiger partial charge in [-0.05, 0) is 32.9 Å². The number of benzene rings is 1. The van der Waals surface area contributed by atoms with Crippen molar-refractivity contribution in [1.82, 2.24) is 10.0 Å². The van der Waals surface area contributed by atoms with Crippen LogP contribution in [-0.2, 0) is 14.8 Å². The molecule has 0 aliphatic carbocycles. The second-order valence-electron chi connectivity index (χ2n) is 5.72. The summed E-state index contributed by atoms with van der Waals surface area (Å²) in [6.07, 6.45) is 1.11. The van der Waals surface area contributed by atoms with E-state index in [2.05, 4.69) is 15.4 Å². The maximum absolute atomic E-state index is 12.0. The number of amides is 1. The molecule has 118 valence electrons. The fourth-order valence-corrected chi connectivity index (χ4v) is 2.89. The minimum Gasteiger partial charge on any atom is -0.325 e. The molecule has 7 heteroatoms. The minimum absolute atomic E-state index is 0.170. The van der Waals surface area contributed by atoms with Crippen LogP contribution in [0.15, 0.2) is 30.3 Å². The lowest BCUT2D eigenvalue weighted by Gasteiger charge is -2.27. The summed E-state index contributed by atoms with van der Waals surface area (Å²) < 4.78 is 25.0. The highest BCUT2D eigenvalue weighted by Crippen LogP contribution is 2.06. The standard InChI is InChI=1S/C14H23N3O3S/c1-11(13(18)16-12-8-6-5-7-9-12)15-10-14(2,3)17-21(4,19)20/h5-9,11,15,17H,10H2,1-4H3,(H,16,18). The van der Waals surface area contributed by atoms with Crippen molar-refractivity contribution >= 4 is 21.6 Å². The van der Waals surface area contributed by atoms with Gasteiger partial charge in [-0.1, -0.05) is 18.2 Å². The first-order chi connectivity index (χ1) is 9.59. The Labute approximate surface area is 126 Å². The van der Waals surface area contributed by atoms with Gasteiger partial charge in [0.1, 0.15) is 0 Å². The van der Waals surface area contributed by atoms with E-state index in [4.69, 9.17) is 0 Å². The van der Waals surface area contributed by atoms with Gasteiger partial charge in [0.25, 0.3) is 0 Å². The van der Waals surface area contributed by atoms with Gasteiger partial charge in [-0.3, -0.25) is 4.79 Å². The normalized spacial score (nSPS) is 13.7. The molecule has 1 aromatic rings. The summed E-state index contributed by atoms with van der Waals surface area (Å²) in [4.78, 5) is 12.0. The Balaban J connectivity index is 2.49. The van der Waals surface area contributed by atoms with Gasteiger partial charge in [0, 0.05) is 17.8 Å². The van der Waals surface area contributed by atoms with E-state index in [9.17, 15) is 13.2 Å². The molecule has 6 nitrogen and oxygen atoms in total. The van der Waals surface area contributed by atoms with Gasteiger partial charge in [0.15, 0.2) is 0 Å². The zero-order valence-corrected chi connectivity index (χ0v) is 13.6. The molecule has 1 rings (SSSR count). The van der Waals surface area contributed by atoms with E-state index in [0.29, 0.717) is 6.54 Å². The van der Waals surface area contributed by atoms with Crippen molar-refractivity contribution in [3.8, 4) is 0 Å². The predicted octanol–water partition coefficient (Wildman–Crippen LogP) is 0.931. The van der Waals surface area contributed by atoms with Crippen LogP contribution in [-0.4, -0.2) is 38.7 Å². The second-order valence-corrected chi connectivity index (χ2v) is 7.46. The van der Waals surface area contributed by atoms with E-state index in [1.807, 2.05) is 18.2 Å². The first-order valence-electron chi connectivity index (χ1n) is 6.67. The lowest BCUT2D eigenvalue weighted by molar-refractivity contribution is -0.117. The molecule has 0 bridgehead atoms. The third-order valence-electron chi connectivity index (χ3n) is 2.75. The van der Waals surface area contributed by atoms with Crippen molar-refractivity contribution in [2.24, 2.45) is 0 Å². The summed E-state index contributed by atoms with van der Waals surface area (Å²) in [6.45, 7) is 5.57. The first kappa shape index (κ1) is 17.6. The molecule has 0 aliphatic rings. The summed E-state index contributed by atoms with van der Waals surface area (Å²) in [5, 5.41) is 5.81. The highest BCUT2D eigenvalue weighted by molar-refractivity contribution is 7.88. The Morgan fingerprint density at radius 1 is 1.24 bits per heavy atom. The number of hydrogen-bond acceptors (Lipinski definition) is 4. The summed E-state index contributed by atoms with van der Waals surface area (Å²) in [5.41, 5.74) is 0.0548. The molecule has 1 atom stereocenters. The van der Waals surface area contributed by atoms with Gasteiger partial charge in [0.2, 0.25) is 15.9 Å². The Morgan fingerprint density at radius 3 is 2.33 bits per heavy atom. The van der Waals surface area contributed by atoms with Crippen molar-refractivity contribution < 1.29 is 13.2 Å². The molecule has 21 heavy (non-hydrogen) atoms. The van der Waals surface area contributed by atoms with Gasteiger partial charge in [-0.15, -0.1) is 0 Å². The highest BCUT2D eigenvalue weighted by atomic mass is 32.2. The van der Waals surface area contributed by atoms with Crippen LogP contribution in [0.4, 0.5) is 5.69 Å². The number of anilines is 1. The summed E-state index contributed by atoms with van der Waals surface area (Å²) in [6, 6.07) is 8.72. The lowest BCUT2D eigenvalue weighted by Crippen LogP contribution is -2.53. The molecule has 1 amide bonds. The van der Waals surface area contributed by atoms with Crippen molar-refractivity contribution in [2.45, 2.75) is 32.4 Å². The van der Waals surface area contributed by atoms with Crippen LogP contribution in [0.2, 0.25) is 0 Å². The molecular weight excluding hydrogens is 290 g/mol. The van der Waals surface area contributed by atoms with E-state index in [1.165, 1.54) is 0 Å². The summed E-state index contributed by atoms with van der Waals surface area (Å²) >= 11 is 0. The number of nitrogens with one attached hydrogen (secondary N) is 3. The number of para-hydroxylation sites is 1. The van der Waals surface area contributed by atoms with Crippen molar-refractivity contribution in [1.29, 1.82) is 0 Å². The zero-order chi connectivity index (χ0) is 16.1. The molecule has 0 heterocycles. The quantitative estimate of drug-likeness (QED) is 0.699. The molecule has 0 saturated carbocycles. The van der Waals surface area contributed by atoms with Crippen LogP contribution in [0.5, 0.6) is 0 Å². The zero-order valence-electron chi connectivity index (χ0n) is 12.8. The second kappa shape index (κ2) is 7.02. The van der Waals surface area contributed by atoms with Crippen LogP contribution >= 0.6 is 0 Å². The third-order valence-corrected chi connectivity index (χ3v) is 3.67. The van der Waals surface area contributed by atoms with Crippen molar-refractivity contribution in [3.05, 3.63) is 30.3 Å². The van der Waals surface area contributed by atoms with Crippen molar-refractivity contribution in [3.63, 3.8) is 0 Å². The maximum atomic E-state index is 12.0. The minimum atomic E-state index is -3.29. The fourth-order valence-electron chi connectivity index (χ4n) is 1.81. The molecule has 0 saturated heterocycles. The van der Waals surface area contributed by atoms with E-state index in [1.54, 1.807) is 32.9 Å². The van der Waals surface area contributed by atoms with Gasteiger partial charge in [0.05, 0.1) is 12.3 Å². The Hall–Kier alpha value is -1.44. The van der Waals surface area contributed by atoms with Gasteiger partial charge >= 0.3 is 0 Å². The SMILES string of the molecule is CC(NCC(C)(C)NS(C)(=O)=O)C(=O)Nc1ccccc1. The third kappa shape index (κ3) is 7.22. The van der Waals surface area contributed by atoms with Crippen molar-refractivity contribution in [2.75, 3.05) is 18.1 Å². The number of carbonyl (C=O) groups is 1. The molecule has 0 radical (unpaired) electrons. The molecule has 1 unspecified atom stereocenters. The number of carbonyl (C=O) groups excluding carboxylic acids is 1. The van der Waals surface area contributed by atoms with E-state index in [-0.39, 0.29) is 5.91 Å². The fraction of sp³-hybridized carbons (Fsp3) is 0.500. The van der Waals surface area contributed by atoms with Crippen LogP contribution < -0.4 is 15.4 Å². The van der Waals surface area contributed by atoms with Gasteiger partial charge < -0.3 is 10.6 Å². The largest absolute Gasteiger partial charge is 0.325 e. The molecule has 1 aromatic carbocycles. The van der Waals surface area contributed by atoms with Crippen LogP contribution in [0.25, 0.3) is 0 Å². The molecule has 0 aliphatic heterocycles. The Kier molecular flexibility index (Phi) is 5.88. The topological polar surface area (TPSA) is 87.3 Å². The van der Waals surface area contributed by atoms with Crippen LogP contribution in [0.1, 0.15) is 20.8 Å². The summed E-state index contributed by atoms with van der Waals surface area (Å²) in [5.74, 6) is -0.170. The Bertz CT molecular complexity index is 570. The molecule has 3 N–H and O–H groups in total. The number of rotatable bonds is 7. The van der Waals surface area contributed by atoms with Crippen LogP contribution in [0, 0.1) is 0 Å². The van der Waals surface area contributed by atoms with E-state index in [0.717, 1.165) is 11.9 Å². The lowest BCUT2D eigenvalue weighted by atomic mass is 10.1. The highest BCUT2D eigenvalue weighted by Gasteiger charge is 2.24. The molecular formula is C14H23N3O3S. The Morgan fingerprint density at radius 2 is 1.81 bits per heavy atom. The average molecular weight is 313 g/mol. The summed E-state index contributed by atoms with van der Waals surface area (Å²) in [7, 11) is -3.29. The average Bonchev–Trinajstić information content (AvgIpc) is 2.34. The van der Waals surface area contributed by atoms with E-state index < -0.39 is 21.6 Å². The maximum Gasteiger partial charge on any atom is 0.241 e. The number of hydrogen-bond donors (Lipinski definition) is 3. The smallest absolute Gasteiger partial charge is 0.241 e. The number of sulfonamides is 1. The van der Waals surface area contributed by atoms with Gasteiger partial charge in [-0.2, -0.15) is 0 Å². The first-order valence-corrected chi connectivity index (χ1v) is 8.56. The van der Waals surface area contributed by atoms with Gasteiger partial charge in [-0.25, -0.2) is 13.1 Å². The van der Waals surface area contributed by atoms with E-state index >= 15 is 0 Å². The molecule has 0 aromatic heterocycles. The molecule has 0 spiro atoms. The predicted molar refractivity (Wildman–Crippen MR) is 84.6 cm³/mol. The molecule has 0 fully saturated rings.